The molecule has 0 spiro atoms. The molecule has 6 nitrogen and oxygen atoms in total. The summed E-state index contributed by atoms with van der Waals surface area (Å²) in [6.07, 6.45) is 3.34. The van der Waals surface area contributed by atoms with Gasteiger partial charge in [-0.3, -0.25) is 0 Å². The standard InChI is InChI=1S/C6H8BrN3.C4H2Br2N2.C2H7N/c1-10(2)5-3-6(7)9-8-4-5;5-3-1-4(6)8-7-2-3;1-3-2/h3-4H,1-2H3;1-2H;3H,1-2H3. The molecule has 1 N–H and O–H groups in total. The van der Waals surface area contributed by atoms with E-state index in [1.54, 1.807) is 12.4 Å². The summed E-state index contributed by atoms with van der Waals surface area (Å²) in [5.41, 5.74) is 1.04. The van der Waals surface area contributed by atoms with Gasteiger partial charge in [0.25, 0.3) is 0 Å². The second-order valence-electron chi connectivity index (χ2n) is 3.83. The number of aromatic nitrogens is 4. The van der Waals surface area contributed by atoms with E-state index in [9.17, 15) is 0 Å². The van der Waals surface area contributed by atoms with E-state index < -0.39 is 0 Å². The fraction of sp³-hybridized carbons (Fsp3) is 0.333. The summed E-state index contributed by atoms with van der Waals surface area (Å²) in [5.74, 6) is 0. The molecule has 21 heavy (non-hydrogen) atoms. The van der Waals surface area contributed by atoms with Gasteiger partial charge in [0.15, 0.2) is 0 Å². The van der Waals surface area contributed by atoms with Gasteiger partial charge in [0, 0.05) is 18.6 Å². The van der Waals surface area contributed by atoms with Gasteiger partial charge in [0.05, 0.1) is 18.1 Å². The number of rotatable bonds is 1. The van der Waals surface area contributed by atoms with Crippen molar-refractivity contribution in [1.82, 2.24) is 25.7 Å². The Balaban J connectivity index is 0.000000327. The van der Waals surface area contributed by atoms with Crippen LogP contribution in [-0.4, -0.2) is 48.6 Å². The maximum absolute atomic E-state index is 3.77. The Hall–Kier alpha value is -0.640. The second kappa shape index (κ2) is 12.0. The third-order valence-electron chi connectivity index (χ3n) is 1.72. The van der Waals surface area contributed by atoms with E-state index >= 15 is 0 Å². The molecule has 2 heterocycles. The molecule has 0 fully saturated rings. The highest BCUT2D eigenvalue weighted by Gasteiger charge is 1.95. The third-order valence-corrected chi connectivity index (χ3v) is 2.93. The molecule has 0 unspecified atom stereocenters. The van der Waals surface area contributed by atoms with Gasteiger partial charge in [-0.15, -0.1) is 10.2 Å². The molecule has 0 atom stereocenters. The van der Waals surface area contributed by atoms with E-state index in [0.717, 1.165) is 19.4 Å². The number of nitrogens with zero attached hydrogens (tertiary/aromatic N) is 5. The number of halogens is 3. The molecule has 2 aromatic heterocycles. The molecular weight excluding hydrogens is 468 g/mol. The minimum atomic E-state index is 0.742. The van der Waals surface area contributed by atoms with Gasteiger partial charge in [-0.05, 0) is 74.0 Å². The first-order chi connectivity index (χ1) is 9.90. The SMILES string of the molecule is Brc1cnnc(Br)c1.CN(C)c1cnnc(Br)c1.CNC. The number of anilines is 1. The third kappa shape index (κ3) is 10.7. The summed E-state index contributed by atoms with van der Waals surface area (Å²) in [5, 5.41) is 17.6. The van der Waals surface area contributed by atoms with Gasteiger partial charge in [-0.2, -0.15) is 10.2 Å². The van der Waals surface area contributed by atoms with Crippen molar-refractivity contribution < 1.29 is 0 Å². The Morgan fingerprint density at radius 1 is 0.905 bits per heavy atom. The Bertz CT molecular complexity index is 507. The van der Waals surface area contributed by atoms with Gasteiger partial charge in [0.1, 0.15) is 9.21 Å². The molecule has 116 valence electrons. The van der Waals surface area contributed by atoms with Crippen molar-refractivity contribution in [3.63, 3.8) is 0 Å². The molecule has 2 aromatic rings. The summed E-state index contributed by atoms with van der Waals surface area (Å²) < 4.78 is 2.44. The first-order valence-electron chi connectivity index (χ1n) is 5.78. The van der Waals surface area contributed by atoms with Gasteiger partial charge in [0.2, 0.25) is 0 Å². The highest BCUT2D eigenvalue weighted by atomic mass is 79.9. The molecule has 0 saturated heterocycles. The molecular formula is C12H17Br3N6. The van der Waals surface area contributed by atoms with Crippen molar-refractivity contribution in [3.05, 3.63) is 38.2 Å². The Morgan fingerprint density at radius 2 is 1.38 bits per heavy atom. The van der Waals surface area contributed by atoms with Crippen molar-refractivity contribution in [1.29, 1.82) is 0 Å². The monoisotopic (exact) mass is 482 g/mol. The lowest BCUT2D eigenvalue weighted by molar-refractivity contribution is 0.981. The molecule has 0 aliphatic heterocycles. The predicted octanol–water partition coefficient (Wildman–Crippen LogP) is 3.14. The van der Waals surface area contributed by atoms with Crippen LogP contribution in [0.3, 0.4) is 0 Å². The Kier molecular flexibility index (Phi) is 11.6. The van der Waals surface area contributed by atoms with E-state index in [4.69, 9.17) is 0 Å². The van der Waals surface area contributed by atoms with Crippen LogP contribution in [0.25, 0.3) is 0 Å². The Morgan fingerprint density at radius 3 is 1.67 bits per heavy atom. The average Bonchev–Trinajstić information content (AvgIpc) is 2.40. The number of nitrogens with one attached hydrogen (secondary N) is 1. The van der Waals surface area contributed by atoms with Crippen molar-refractivity contribution in [2.45, 2.75) is 0 Å². The van der Waals surface area contributed by atoms with Crippen LogP contribution in [0.5, 0.6) is 0 Å². The predicted molar refractivity (Wildman–Crippen MR) is 96.5 cm³/mol. The van der Waals surface area contributed by atoms with Crippen molar-refractivity contribution in [2.24, 2.45) is 0 Å². The van der Waals surface area contributed by atoms with Gasteiger partial charge in [-0.25, -0.2) is 0 Å². The van der Waals surface area contributed by atoms with Crippen molar-refractivity contribution in [3.8, 4) is 0 Å². The van der Waals surface area contributed by atoms with E-state index in [2.05, 4.69) is 73.5 Å². The van der Waals surface area contributed by atoms with Gasteiger partial charge in [-0.1, -0.05) is 0 Å². The van der Waals surface area contributed by atoms with E-state index in [-0.39, 0.29) is 0 Å². The lowest BCUT2D eigenvalue weighted by atomic mass is 10.4. The topological polar surface area (TPSA) is 66.8 Å². The van der Waals surface area contributed by atoms with Crippen LogP contribution in [0.15, 0.2) is 38.2 Å². The fourth-order valence-corrected chi connectivity index (χ4v) is 2.17. The van der Waals surface area contributed by atoms with Crippen LogP contribution in [0, 0.1) is 0 Å². The van der Waals surface area contributed by atoms with Gasteiger partial charge >= 0.3 is 0 Å². The molecule has 0 saturated carbocycles. The lowest BCUT2D eigenvalue weighted by Gasteiger charge is -2.10. The quantitative estimate of drug-likeness (QED) is 0.670. The van der Waals surface area contributed by atoms with Crippen molar-refractivity contribution in [2.75, 3.05) is 33.1 Å². The highest BCUT2D eigenvalue weighted by molar-refractivity contribution is 9.11. The molecule has 0 bridgehead atoms. The smallest absolute Gasteiger partial charge is 0.130 e. The second-order valence-corrected chi connectivity index (χ2v) is 6.37. The maximum atomic E-state index is 3.77. The highest BCUT2D eigenvalue weighted by Crippen LogP contribution is 2.12. The first-order valence-corrected chi connectivity index (χ1v) is 8.16. The molecule has 0 amide bonds. The average molecular weight is 485 g/mol. The zero-order valence-electron chi connectivity index (χ0n) is 12.2. The summed E-state index contributed by atoms with van der Waals surface area (Å²) in [4.78, 5) is 1.97. The van der Waals surface area contributed by atoms with Crippen molar-refractivity contribution >= 4 is 53.5 Å². The Labute approximate surface area is 150 Å². The summed E-state index contributed by atoms with van der Waals surface area (Å²) in [6.45, 7) is 0. The zero-order valence-corrected chi connectivity index (χ0v) is 16.9. The van der Waals surface area contributed by atoms with E-state index in [1.165, 1.54) is 0 Å². The van der Waals surface area contributed by atoms with Gasteiger partial charge < -0.3 is 10.2 Å². The molecule has 0 aromatic carbocycles. The minimum absolute atomic E-state index is 0.742. The summed E-state index contributed by atoms with van der Waals surface area (Å²) in [7, 11) is 7.67. The normalized spacial score (nSPS) is 8.90. The maximum Gasteiger partial charge on any atom is 0.130 e. The van der Waals surface area contributed by atoms with E-state index in [0.29, 0.717) is 0 Å². The first kappa shape index (κ1) is 20.4. The largest absolute Gasteiger partial charge is 0.376 e. The van der Waals surface area contributed by atoms with E-state index in [1.807, 2.05) is 45.2 Å². The molecule has 2 rings (SSSR count). The number of hydrogen-bond donors (Lipinski definition) is 1. The van der Waals surface area contributed by atoms with Crippen LogP contribution in [0.4, 0.5) is 5.69 Å². The van der Waals surface area contributed by atoms with Crippen LogP contribution in [0.1, 0.15) is 0 Å². The zero-order chi connectivity index (χ0) is 16.3. The van der Waals surface area contributed by atoms with Crippen LogP contribution in [0.2, 0.25) is 0 Å². The molecule has 0 aliphatic carbocycles. The fourth-order valence-electron chi connectivity index (χ4n) is 0.895. The number of hydrogen-bond acceptors (Lipinski definition) is 6. The molecule has 0 aliphatic rings. The lowest BCUT2D eigenvalue weighted by Crippen LogP contribution is -2.08. The van der Waals surface area contributed by atoms with Crippen LogP contribution < -0.4 is 10.2 Å². The van der Waals surface area contributed by atoms with Crippen LogP contribution in [-0.2, 0) is 0 Å². The molecule has 0 radical (unpaired) electrons. The van der Waals surface area contributed by atoms with Crippen LogP contribution >= 0.6 is 47.8 Å². The summed E-state index contributed by atoms with van der Waals surface area (Å²) >= 11 is 9.62. The minimum Gasteiger partial charge on any atom is -0.376 e. The molecule has 9 heteroatoms. The summed E-state index contributed by atoms with van der Waals surface area (Å²) in [6, 6.07) is 3.74.